The lowest BCUT2D eigenvalue weighted by molar-refractivity contribution is -0.128. The van der Waals surface area contributed by atoms with Gasteiger partial charge in [-0.15, -0.1) is 0 Å². The van der Waals surface area contributed by atoms with Gasteiger partial charge in [0.1, 0.15) is 6.04 Å². The Morgan fingerprint density at radius 3 is 2.34 bits per heavy atom. The maximum absolute atomic E-state index is 13.0. The fraction of sp³-hybridized carbons (Fsp3) is 0.333. The van der Waals surface area contributed by atoms with Crippen molar-refractivity contribution in [2.75, 3.05) is 14.2 Å². The number of ether oxygens (including phenoxy) is 2. The van der Waals surface area contributed by atoms with Crippen molar-refractivity contribution >= 4 is 35.0 Å². The van der Waals surface area contributed by atoms with E-state index >= 15 is 0 Å². The summed E-state index contributed by atoms with van der Waals surface area (Å²) >= 11 is 12.3. The molecule has 0 unspecified atom stereocenters. The van der Waals surface area contributed by atoms with E-state index in [-0.39, 0.29) is 12.3 Å². The molecule has 154 valence electrons. The fourth-order valence-corrected chi connectivity index (χ4v) is 3.97. The normalized spacial score (nSPS) is 15.3. The van der Waals surface area contributed by atoms with E-state index in [1.807, 2.05) is 0 Å². The third kappa shape index (κ3) is 4.43. The summed E-state index contributed by atoms with van der Waals surface area (Å²) in [6.07, 6.45) is 1.51. The van der Waals surface area contributed by atoms with Crippen LogP contribution in [0.1, 0.15) is 24.0 Å². The summed E-state index contributed by atoms with van der Waals surface area (Å²) < 4.78 is 10.5. The molecule has 3 N–H and O–H groups in total. The largest absolute Gasteiger partial charge is 0.493 e. The first kappa shape index (κ1) is 21.3. The molecular weight excluding hydrogens is 415 g/mol. The highest BCUT2D eigenvalue weighted by Crippen LogP contribution is 2.51. The van der Waals surface area contributed by atoms with Crippen LogP contribution in [0.3, 0.4) is 0 Å². The second-order valence-electron chi connectivity index (χ2n) is 7.03. The van der Waals surface area contributed by atoms with Gasteiger partial charge in [0, 0.05) is 16.5 Å². The average Bonchev–Trinajstić information content (AvgIpc) is 3.48. The summed E-state index contributed by atoms with van der Waals surface area (Å²) in [5.41, 5.74) is 6.28. The summed E-state index contributed by atoms with van der Waals surface area (Å²) in [5.74, 6) is 0.216. The van der Waals surface area contributed by atoms with Crippen molar-refractivity contribution in [3.8, 4) is 11.5 Å². The van der Waals surface area contributed by atoms with Gasteiger partial charge in [0.15, 0.2) is 11.5 Å². The first-order valence-electron chi connectivity index (χ1n) is 9.07. The third-order valence-electron chi connectivity index (χ3n) is 5.17. The molecule has 1 aliphatic carbocycles. The van der Waals surface area contributed by atoms with Crippen molar-refractivity contribution in [1.29, 1.82) is 0 Å². The van der Waals surface area contributed by atoms with E-state index < -0.39 is 17.4 Å². The highest BCUT2D eigenvalue weighted by molar-refractivity contribution is 6.35. The Balaban J connectivity index is 1.79. The number of hydrogen-bond donors (Lipinski definition) is 2. The number of amides is 2. The zero-order valence-corrected chi connectivity index (χ0v) is 17.6. The van der Waals surface area contributed by atoms with Crippen LogP contribution in [0, 0.1) is 0 Å². The molecule has 8 heteroatoms. The van der Waals surface area contributed by atoms with Crippen LogP contribution in [-0.2, 0) is 21.4 Å². The van der Waals surface area contributed by atoms with Crippen molar-refractivity contribution in [2.45, 2.75) is 30.7 Å². The Morgan fingerprint density at radius 1 is 1.10 bits per heavy atom. The molecule has 29 heavy (non-hydrogen) atoms. The molecule has 6 nitrogen and oxygen atoms in total. The van der Waals surface area contributed by atoms with Gasteiger partial charge in [0.05, 0.1) is 19.6 Å². The molecule has 1 aliphatic rings. The topological polar surface area (TPSA) is 90.6 Å². The number of rotatable bonds is 8. The summed E-state index contributed by atoms with van der Waals surface area (Å²) in [6.45, 7) is 0. The zero-order chi connectivity index (χ0) is 21.2. The smallest absolute Gasteiger partial charge is 0.240 e. The number of carbonyl (C=O) groups excluding carboxylic acids is 2. The summed E-state index contributed by atoms with van der Waals surface area (Å²) in [4.78, 5) is 25.1. The highest BCUT2D eigenvalue weighted by Gasteiger charge is 2.52. The Hall–Kier alpha value is -2.44. The van der Waals surface area contributed by atoms with Gasteiger partial charge in [-0.1, -0.05) is 35.3 Å². The fourth-order valence-electron chi connectivity index (χ4n) is 3.38. The summed E-state index contributed by atoms with van der Waals surface area (Å²) in [5, 5.41) is 3.73. The zero-order valence-electron chi connectivity index (χ0n) is 16.1. The minimum Gasteiger partial charge on any atom is -0.493 e. The van der Waals surface area contributed by atoms with Gasteiger partial charge in [0.25, 0.3) is 0 Å². The Labute approximate surface area is 179 Å². The van der Waals surface area contributed by atoms with Gasteiger partial charge in [-0.05, 0) is 48.2 Å². The molecule has 0 spiro atoms. The molecule has 0 saturated heterocycles. The summed E-state index contributed by atoms with van der Waals surface area (Å²) in [7, 11) is 3.07. The van der Waals surface area contributed by atoms with Gasteiger partial charge >= 0.3 is 0 Å². The molecule has 0 aliphatic heterocycles. The Bertz CT molecular complexity index is 944. The number of halogens is 2. The maximum Gasteiger partial charge on any atom is 0.240 e. The van der Waals surface area contributed by atoms with Crippen LogP contribution < -0.4 is 20.5 Å². The molecule has 0 bridgehead atoms. The second-order valence-corrected chi connectivity index (χ2v) is 7.87. The molecule has 2 aromatic rings. The lowest BCUT2D eigenvalue weighted by atomic mass is 9.94. The van der Waals surface area contributed by atoms with Crippen molar-refractivity contribution in [3.05, 3.63) is 57.6 Å². The average molecular weight is 437 g/mol. The number of hydrogen-bond acceptors (Lipinski definition) is 4. The minimum absolute atomic E-state index is 0.228. The predicted molar refractivity (Wildman–Crippen MR) is 112 cm³/mol. The number of nitrogens with two attached hydrogens (primary N) is 1. The van der Waals surface area contributed by atoms with Gasteiger partial charge in [0.2, 0.25) is 11.8 Å². The van der Waals surface area contributed by atoms with E-state index in [0.29, 0.717) is 39.9 Å². The van der Waals surface area contributed by atoms with Gasteiger partial charge < -0.3 is 20.5 Å². The first-order valence-corrected chi connectivity index (χ1v) is 9.83. The lowest BCUT2D eigenvalue weighted by Gasteiger charge is -2.22. The molecular formula is C21H22Cl2N2O4. The molecule has 2 aromatic carbocycles. The van der Waals surface area contributed by atoms with Crippen LogP contribution in [0.4, 0.5) is 0 Å². The van der Waals surface area contributed by atoms with E-state index in [1.54, 1.807) is 43.5 Å². The molecule has 0 aromatic heterocycles. The van der Waals surface area contributed by atoms with Crippen LogP contribution in [0.2, 0.25) is 10.0 Å². The number of methoxy groups -OCH3 is 2. The van der Waals surface area contributed by atoms with E-state index in [0.717, 1.165) is 5.56 Å². The third-order valence-corrected chi connectivity index (χ3v) is 5.72. The van der Waals surface area contributed by atoms with Gasteiger partial charge in [-0.25, -0.2) is 0 Å². The quantitative estimate of drug-likeness (QED) is 0.664. The molecule has 0 radical (unpaired) electrons. The van der Waals surface area contributed by atoms with Crippen LogP contribution in [0.25, 0.3) is 0 Å². The number of carbonyl (C=O) groups is 2. The predicted octanol–water partition coefficient (Wildman–Crippen LogP) is 3.26. The maximum atomic E-state index is 13.0. The molecule has 2 amide bonds. The molecule has 1 atom stereocenters. The van der Waals surface area contributed by atoms with Crippen LogP contribution in [-0.4, -0.2) is 32.1 Å². The van der Waals surface area contributed by atoms with Crippen LogP contribution >= 0.6 is 23.2 Å². The second kappa shape index (κ2) is 8.51. The standard InChI is InChI=1S/C21H22Cl2N2O4/c1-28-17-6-3-12(10-18(17)29-2)9-16(19(24)26)25-20(27)21(7-8-21)14-5-4-13(22)11-15(14)23/h3-6,10-11,16H,7-9H2,1-2H3,(H2,24,26)(H,25,27)/t16-/m0/s1. The van der Waals surface area contributed by atoms with E-state index in [2.05, 4.69) is 5.32 Å². The van der Waals surface area contributed by atoms with Crippen LogP contribution in [0.15, 0.2) is 36.4 Å². The van der Waals surface area contributed by atoms with Crippen molar-refractivity contribution in [2.24, 2.45) is 5.73 Å². The van der Waals surface area contributed by atoms with Crippen molar-refractivity contribution in [1.82, 2.24) is 5.32 Å². The lowest BCUT2D eigenvalue weighted by Crippen LogP contribution is -2.49. The highest BCUT2D eigenvalue weighted by atomic mass is 35.5. The Kier molecular flexibility index (Phi) is 6.24. The van der Waals surface area contributed by atoms with E-state index in [1.165, 1.54) is 7.11 Å². The Morgan fingerprint density at radius 2 is 1.79 bits per heavy atom. The number of primary amides is 1. The van der Waals surface area contributed by atoms with E-state index in [4.69, 9.17) is 38.4 Å². The molecule has 1 fully saturated rings. The molecule has 1 saturated carbocycles. The number of nitrogens with one attached hydrogen (secondary N) is 1. The molecule has 0 heterocycles. The van der Waals surface area contributed by atoms with Crippen molar-refractivity contribution in [3.63, 3.8) is 0 Å². The first-order chi connectivity index (χ1) is 13.8. The SMILES string of the molecule is COc1ccc(C[C@H](NC(=O)C2(c3ccc(Cl)cc3Cl)CC2)C(N)=O)cc1OC. The van der Waals surface area contributed by atoms with Crippen molar-refractivity contribution < 1.29 is 19.1 Å². The van der Waals surface area contributed by atoms with E-state index in [9.17, 15) is 9.59 Å². The van der Waals surface area contributed by atoms with Gasteiger partial charge in [-0.3, -0.25) is 9.59 Å². The monoisotopic (exact) mass is 436 g/mol. The minimum atomic E-state index is -0.871. The van der Waals surface area contributed by atoms with Crippen LogP contribution in [0.5, 0.6) is 11.5 Å². The number of benzene rings is 2. The van der Waals surface area contributed by atoms with Gasteiger partial charge in [-0.2, -0.15) is 0 Å². The summed E-state index contributed by atoms with van der Waals surface area (Å²) in [6, 6.07) is 9.49. The molecule has 3 rings (SSSR count).